The summed E-state index contributed by atoms with van der Waals surface area (Å²) in [5, 5.41) is -0.715. The van der Waals surface area contributed by atoms with Gasteiger partial charge in [0.25, 0.3) is 10.0 Å². The fourth-order valence-corrected chi connectivity index (χ4v) is 7.57. The number of Topliss-reactive ketones (excluding diaryl/α,β-unsaturated/α-hetero) is 1. The van der Waals surface area contributed by atoms with Crippen molar-refractivity contribution in [3.8, 4) is 11.5 Å². The highest BCUT2D eigenvalue weighted by Gasteiger charge is 2.46. The molecule has 52 heavy (non-hydrogen) atoms. The van der Waals surface area contributed by atoms with Crippen LogP contribution in [-0.4, -0.2) is 89.4 Å². The van der Waals surface area contributed by atoms with Gasteiger partial charge in [-0.25, -0.2) is 31.3 Å². The SMILES string of the molecule is COc1ccc(CN(c2cccc(F)n2)S(=O)(=O)c2c(F)cc(N3CC[C@@](OC)(C(=O)CCCN(C)C(=O)OC(C)(C)C)C3)c(Cl)c2F)c(OC)c1. The molecule has 1 aliphatic rings. The average molecular weight is 771 g/mol. The predicted molar refractivity (Wildman–Crippen MR) is 188 cm³/mol. The number of rotatable bonds is 14. The van der Waals surface area contributed by atoms with Crippen LogP contribution in [-0.2, 0) is 30.8 Å². The lowest BCUT2D eigenvalue weighted by Gasteiger charge is -2.29. The third kappa shape index (κ3) is 8.84. The van der Waals surface area contributed by atoms with E-state index in [0.29, 0.717) is 16.5 Å². The highest BCUT2D eigenvalue weighted by Crippen LogP contribution is 2.41. The van der Waals surface area contributed by atoms with Gasteiger partial charge in [0.2, 0.25) is 5.95 Å². The van der Waals surface area contributed by atoms with Gasteiger partial charge in [-0.2, -0.15) is 4.39 Å². The molecule has 1 amide bonds. The van der Waals surface area contributed by atoms with Crippen molar-refractivity contribution in [1.29, 1.82) is 0 Å². The summed E-state index contributed by atoms with van der Waals surface area (Å²) < 4.78 is 96.9. The Hall–Kier alpha value is -4.28. The van der Waals surface area contributed by atoms with Crippen LogP contribution in [0, 0.1) is 17.6 Å². The molecule has 0 bridgehead atoms. The van der Waals surface area contributed by atoms with Gasteiger partial charge in [0.15, 0.2) is 16.5 Å². The second-order valence-corrected chi connectivity index (χ2v) is 15.3. The Morgan fingerprint density at radius 2 is 1.77 bits per heavy atom. The van der Waals surface area contributed by atoms with Gasteiger partial charge in [-0.15, -0.1) is 0 Å². The maximum Gasteiger partial charge on any atom is 0.410 e. The molecular formula is C35H42ClF3N4O8S. The highest BCUT2D eigenvalue weighted by molar-refractivity contribution is 7.92. The Labute approximate surface area is 306 Å². The molecular weight excluding hydrogens is 729 g/mol. The van der Waals surface area contributed by atoms with E-state index in [1.807, 2.05) is 0 Å². The van der Waals surface area contributed by atoms with Gasteiger partial charge in [0, 0.05) is 57.8 Å². The van der Waals surface area contributed by atoms with Gasteiger partial charge in [-0.05, 0) is 51.5 Å². The van der Waals surface area contributed by atoms with Crippen LogP contribution in [0.3, 0.4) is 0 Å². The third-order valence-corrected chi connectivity index (χ3v) is 10.6. The Balaban J connectivity index is 1.62. The number of sulfonamides is 1. The minimum absolute atomic E-state index is 0.0331. The lowest BCUT2D eigenvalue weighted by atomic mass is 9.93. The van der Waals surface area contributed by atoms with Crippen molar-refractivity contribution >= 4 is 45.0 Å². The molecule has 3 aromatic rings. The summed E-state index contributed by atoms with van der Waals surface area (Å²) in [5.41, 5.74) is -1.99. The zero-order valence-electron chi connectivity index (χ0n) is 30.0. The van der Waals surface area contributed by atoms with Gasteiger partial charge in [0.1, 0.15) is 39.4 Å². The van der Waals surface area contributed by atoms with E-state index in [0.717, 1.165) is 12.1 Å². The molecule has 0 spiro atoms. The van der Waals surface area contributed by atoms with Crippen LogP contribution in [0.15, 0.2) is 47.4 Å². The number of hydrogen-bond donors (Lipinski definition) is 0. The molecule has 1 saturated heterocycles. The van der Waals surface area contributed by atoms with Crippen LogP contribution in [0.1, 0.15) is 45.6 Å². The number of pyridine rings is 1. The Bertz CT molecular complexity index is 1910. The van der Waals surface area contributed by atoms with Crippen LogP contribution >= 0.6 is 11.6 Å². The number of nitrogens with zero attached hydrogens (tertiary/aromatic N) is 4. The topological polar surface area (TPSA) is 128 Å². The molecule has 284 valence electrons. The number of ketones is 1. The predicted octanol–water partition coefficient (Wildman–Crippen LogP) is 6.38. The number of aromatic nitrogens is 1. The number of carbonyl (C=O) groups excluding carboxylic acids is 2. The fourth-order valence-electron chi connectivity index (χ4n) is 5.74. The van der Waals surface area contributed by atoms with E-state index in [1.54, 1.807) is 27.8 Å². The minimum Gasteiger partial charge on any atom is -0.497 e. The van der Waals surface area contributed by atoms with Crippen LogP contribution < -0.4 is 18.7 Å². The number of halogens is 4. The number of methoxy groups -OCH3 is 3. The Morgan fingerprint density at radius 3 is 2.38 bits per heavy atom. The first kappa shape index (κ1) is 40.5. The minimum atomic E-state index is -5.16. The van der Waals surface area contributed by atoms with Gasteiger partial charge >= 0.3 is 6.09 Å². The van der Waals surface area contributed by atoms with Crippen molar-refractivity contribution in [3.05, 3.63) is 70.6 Å². The van der Waals surface area contributed by atoms with E-state index < -0.39 is 67.2 Å². The van der Waals surface area contributed by atoms with Gasteiger partial charge in [0.05, 0.1) is 33.0 Å². The highest BCUT2D eigenvalue weighted by atomic mass is 35.5. The van der Waals surface area contributed by atoms with E-state index in [2.05, 4.69) is 4.98 Å². The van der Waals surface area contributed by atoms with E-state index in [1.165, 1.54) is 61.5 Å². The first-order chi connectivity index (χ1) is 24.4. The summed E-state index contributed by atoms with van der Waals surface area (Å²) in [5.74, 6) is -4.28. The molecule has 0 aliphatic carbocycles. The number of amides is 1. The van der Waals surface area contributed by atoms with Crippen molar-refractivity contribution in [2.24, 2.45) is 0 Å². The molecule has 0 saturated carbocycles. The molecule has 1 fully saturated rings. The average Bonchev–Trinajstić information content (AvgIpc) is 3.53. The van der Waals surface area contributed by atoms with Crippen LogP contribution in [0.4, 0.5) is 29.5 Å². The maximum atomic E-state index is 16.2. The number of anilines is 2. The molecule has 1 atom stereocenters. The van der Waals surface area contributed by atoms with Crippen molar-refractivity contribution in [3.63, 3.8) is 0 Å². The molecule has 1 aliphatic heterocycles. The van der Waals surface area contributed by atoms with Crippen molar-refractivity contribution in [1.82, 2.24) is 9.88 Å². The zero-order chi connectivity index (χ0) is 38.6. The summed E-state index contributed by atoms with van der Waals surface area (Å²) in [6.07, 6.45) is -0.0545. The first-order valence-electron chi connectivity index (χ1n) is 16.2. The van der Waals surface area contributed by atoms with Gasteiger partial charge in [-0.3, -0.25) is 4.79 Å². The van der Waals surface area contributed by atoms with Crippen LogP contribution in [0.5, 0.6) is 11.5 Å². The summed E-state index contributed by atoms with van der Waals surface area (Å²) in [4.78, 5) is 30.8. The van der Waals surface area contributed by atoms with Crippen molar-refractivity contribution in [2.75, 3.05) is 57.2 Å². The third-order valence-electron chi connectivity index (χ3n) is 8.48. The Morgan fingerprint density at radius 1 is 1.06 bits per heavy atom. The summed E-state index contributed by atoms with van der Waals surface area (Å²) in [6, 6.07) is 8.62. The smallest absolute Gasteiger partial charge is 0.410 e. The molecule has 0 radical (unpaired) electrons. The summed E-state index contributed by atoms with van der Waals surface area (Å²) in [6.45, 7) is 4.86. The van der Waals surface area contributed by atoms with Gasteiger partial charge < -0.3 is 28.7 Å². The molecule has 17 heteroatoms. The van der Waals surface area contributed by atoms with E-state index >= 15 is 8.78 Å². The largest absolute Gasteiger partial charge is 0.497 e. The maximum absolute atomic E-state index is 16.2. The fraction of sp³-hybridized carbons (Fsp3) is 0.457. The molecule has 2 heterocycles. The molecule has 0 unspecified atom stereocenters. The number of ether oxygens (including phenoxy) is 4. The normalized spacial score (nSPS) is 16.1. The molecule has 2 aromatic carbocycles. The zero-order valence-corrected chi connectivity index (χ0v) is 31.5. The molecule has 1 aromatic heterocycles. The lowest BCUT2D eigenvalue weighted by Crippen LogP contribution is -2.44. The quantitative estimate of drug-likeness (QED) is 0.135. The second-order valence-electron chi connectivity index (χ2n) is 13.1. The van der Waals surface area contributed by atoms with E-state index in [-0.39, 0.29) is 55.3 Å². The number of hydrogen-bond acceptors (Lipinski definition) is 10. The summed E-state index contributed by atoms with van der Waals surface area (Å²) in [7, 11) is 0.504. The van der Waals surface area contributed by atoms with Crippen molar-refractivity contribution in [2.45, 2.75) is 62.7 Å². The van der Waals surface area contributed by atoms with E-state index in [9.17, 15) is 22.4 Å². The van der Waals surface area contributed by atoms with Crippen molar-refractivity contribution < 1.29 is 50.1 Å². The lowest BCUT2D eigenvalue weighted by molar-refractivity contribution is -0.138. The first-order valence-corrected chi connectivity index (χ1v) is 18.0. The standard InChI is InChI=1S/C35H42ClF3N4O8S/c1-34(2,3)51-33(45)41(4)16-9-10-27(44)35(50-7)15-17-42(21-35)25-19-24(37)32(31(39)30(25)36)52(46,47)43(29-12-8-11-28(38)40-29)20-22-13-14-23(48-5)18-26(22)49-6/h8,11-14,18-19H,9-10,15-17,20-21H2,1-7H3/t35-/m0/s1. The monoisotopic (exact) mass is 770 g/mol. The number of benzene rings is 2. The molecule has 12 nitrogen and oxygen atoms in total. The summed E-state index contributed by atoms with van der Waals surface area (Å²) >= 11 is 6.43. The van der Waals surface area contributed by atoms with E-state index in [4.69, 9.17) is 30.5 Å². The molecule has 0 N–H and O–H groups in total. The van der Waals surface area contributed by atoms with Crippen LogP contribution in [0.25, 0.3) is 0 Å². The second kappa shape index (κ2) is 16.2. The molecule has 4 rings (SSSR count). The van der Waals surface area contributed by atoms with Crippen LogP contribution in [0.2, 0.25) is 5.02 Å². The Kier molecular flexibility index (Phi) is 12.6. The number of carbonyl (C=O) groups is 2. The van der Waals surface area contributed by atoms with Gasteiger partial charge in [-0.1, -0.05) is 17.7 Å².